The molecule has 3 aliphatic heterocycles. The van der Waals surface area contributed by atoms with Gasteiger partial charge >= 0.3 is 0 Å². The van der Waals surface area contributed by atoms with Crippen molar-refractivity contribution in [3.8, 4) is 17.1 Å². The molecule has 2 fully saturated rings. The summed E-state index contributed by atoms with van der Waals surface area (Å²) in [6.45, 7) is 2.52. The standard InChI is InChI=1S/C20H23ClN6O3/c1-29-16-3-2-12(8-14(16)21)18-25-20(30-26-18)13-10-23-27-15(9-17(28)24-19(13)27)11-4-6-22-7-5-11/h2-3,8-9,11,13,19,22-23H,4-7,10H2,1H3,(H,24,28). The molecule has 0 spiro atoms. The highest BCUT2D eigenvalue weighted by Gasteiger charge is 2.44. The van der Waals surface area contributed by atoms with E-state index in [0.29, 0.717) is 34.9 Å². The molecule has 0 bridgehead atoms. The summed E-state index contributed by atoms with van der Waals surface area (Å²) in [6.07, 6.45) is 3.47. The molecule has 5 rings (SSSR count). The Morgan fingerprint density at radius 2 is 2.13 bits per heavy atom. The zero-order valence-corrected chi connectivity index (χ0v) is 17.3. The molecule has 3 N–H and O–H groups in total. The number of amides is 1. The molecule has 1 amide bonds. The molecule has 2 unspecified atom stereocenters. The molecule has 0 aliphatic carbocycles. The number of hydrogen-bond donors (Lipinski definition) is 3. The van der Waals surface area contributed by atoms with Crippen molar-refractivity contribution >= 4 is 17.5 Å². The Bertz CT molecular complexity index is 987. The van der Waals surface area contributed by atoms with Gasteiger partial charge in [-0.15, -0.1) is 0 Å². The minimum Gasteiger partial charge on any atom is -0.495 e. The highest BCUT2D eigenvalue weighted by atomic mass is 35.5. The van der Waals surface area contributed by atoms with E-state index in [1.54, 1.807) is 25.3 Å². The van der Waals surface area contributed by atoms with Crippen molar-refractivity contribution in [1.29, 1.82) is 0 Å². The summed E-state index contributed by atoms with van der Waals surface area (Å²) in [5.74, 6) is 1.62. The average molecular weight is 431 g/mol. The first-order valence-corrected chi connectivity index (χ1v) is 10.4. The van der Waals surface area contributed by atoms with Crippen molar-refractivity contribution in [1.82, 2.24) is 31.2 Å². The van der Waals surface area contributed by atoms with Crippen LogP contribution in [0, 0.1) is 5.92 Å². The van der Waals surface area contributed by atoms with Gasteiger partial charge in [0, 0.05) is 29.8 Å². The van der Waals surface area contributed by atoms with Gasteiger partial charge in [0.1, 0.15) is 11.9 Å². The first-order valence-electron chi connectivity index (χ1n) is 10.1. The van der Waals surface area contributed by atoms with Gasteiger partial charge < -0.3 is 19.9 Å². The second kappa shape index (κ2) is 7.90. The number of hydrogen-bond acceptors (Lipinski definition) is 8. The molecule has 2 saturated heterocycles. The smallest absolute Gasteiger partial charge is 0.247 e. The second-order valence-electron chi connectivity index (χ2n) is 7.69. The Balaban J connectivity index is 1.38. The summed E-state index contributed by atoms with van der Waals surface area (Å²) in [6, 6.07) is 5.34. The Hall–Kier alpha value is -2.62. The van der Waals surface area contributed by atoms with Crippen LogP contribution in [0.4, 0.5) is 0 Å². The fourth-order valence-corrected chi connectivity index (χ4v) is 4.62. The molecule has 158 valence electrons. The summed E-state index contributed by atoms with van der Waals surface area (Å²) < 4.78 is 10.8. The number of fused-ring (bicyclic) bond motifs is 1. The summed E-state index contributed by atoms with van der Waals surface area (Å²) in [7, 11) is 1.57. The topological polar surface area (TPSA) is 105 Å². The Morgan fingerprint density at radius 1 is 1.30 bits per heavy atom. The molecular weight excluding hydrogens is 408 g/mol. The van der Waals surface area contributed by atoms with E-state index in [2.05, 4.69) is 31.2 Å². The van der Waals surface area contributed by atoms with Gasteiger partial charge in [-0.3, -0.25) is 9.80 Å². The number of carbonyl (C=O) groups excluding carboxylic acids is 1. The molecule has 9 nitrogen and oxygen atoms in total. The third kappa shape index (κ3) is 3.42. The Labute approximate surface area is 178 Å². The van der Waals surface area contributed by atoms with Crippen LogP contribution >= 0.6 is 11.6 Å². The van der Waals surface area contributed by atoms with E-state index in [4.69, 9.17) is 20.9 Å². The lowest BCUT2D eigenvalue weighted by molar-refractivity contribution is -0.119. The summed E-state index contributed by atoms with van der Waals surface area (Å²) >= 11 is 6.22. The van der Waals surface area contributed by atoms with Crippen LogP contribution in [0.25, 0.3) is 11.4 Å². The number of piperidine rings is 1. The SMILES string of the molecule is COc1ccc(-c2noc(C3CNN4C(C5CCNCC5)=CC(=O)NC34)n2)cc1Cl. The fourth-order valence-electron chi connectivity index (χ4n) is 4.36. The van der Waals surface area contributed by atoms with Gasteiger partial charge in [-0.05, 0) is 44.1 Å². The molecule has 2 atom stereocenters. The van der Waals surface area contributed by atoms with Crippen molar-refractivity contribution in [2.45, 2.75) is 24.9 Å². The monoisotopic (exact) mass is 430 g/mol. The zero-order chi connectivity index (χ0) is 20.7. The van der Waals surface area contributed by atoms with Gasteiger partial charge in [0.25, 0.3) is 0 Å². The van der Waals surface area contributed by atoms with Gasteiger partial charge in [-0.2, -0.15) is 4.98 Å². The number of carbonyl (C=O) groups is 1. The van der Waals surface area contributed by atoms with E-state index in [0.717, 1.165) is 37.2 Å². The number of nitrogens with zero attached hydrogens (tertiary/aromatic N) is 3. The molecule has 10 heteroatoms. The largest absolute Gasteiger partial charge is 0.495 e. The summed E-state index contributed by atoms with van der Waals surface area (Å²) in [5.41, 5.74) is 5.19. The van der Waals surface area contributed by atoms with Crippen LogP contribution < -0.4 is 20.8 Å². The molecule has 0 saturated carbocycles. The quantitative estimate of drug-likeness (QED) is 0.672. The number of ether oxygens (including phenoxy) is 1. The van der Waals surface area contributed by atoms with Crippen LogP contribution in [0.1, 0.15) is 24.7 Å². The molecule has 1 aromatic carbocycles. The van der Waals surface area contributed by atoms with Crippen molar-refractivity contribution < 1.29 is 14.1 Å². The Morgan fingerprint density at radius 3 is 2.90 bits per heavy atom. The molecule has 0 radical (unpaired) electrons. The van der Waals surface area contributed by atoms with Crippen molar-refractivity contribution in [2.24, 2.45) is 5.92 Å². The van der Waals surface area contributed by atoms with Crippen LogP contribution in [0.15, 0.2) is 34.5 Å². The second-order valence-corrected chi connectivity index (χ2v) is 8.10. The Kier molecular flexibility index (Phi) is 5.10. The first kappa shape index (κ1) is 19.3. The number of benzene rings is 1. The number of nitrogens with one attached hydrogen (secondary N) is 3. The van der Waals surface area contributed by atoms with E-state index in [1.165, 1.54) is 0 Å². The van der Waals surface area contributed by atoms with Crippen LogP contribution in [0.2, 0.25) is 5.02 Å². The number of hydrazine groups is 1. The molecule has 1 aromatic heterocycles. The summed E-state index contributed by atoms with van der Waals surface area (Å²) in [5, 5.41) is 13.1. The minimum atomic E-state index is -0.264. The van der Waals surface area contributed by atoms with Crippen molar-refractivity contribution in [3.05, 3.63) is 40.9 Å². The number of aromatic nitrogens is 2. The van der Waals surface area contributed by atoms with Crippen LogP contribution in [-0.4, -0.2) is 54.0 Å². The maximum Gasteiger partial charge on any atom is 0.247 e. The van der Waals surface area contributed by atoms with Gasteiger partial charge in [-0.1, -0.05) is 16.8 Å². The predicted molar refractivity (Wildman–Crippen MR) is 109 cm³/mol. The number of methoxy groups -OCH3 is 1. The number of rotatable bonds is 4. The van der Waals surface area contributed by atoms with Gasteiger partial charge in [0.15, 0.2) is 0 Å². The summed E-state index contributed by atoms with van der Waals surface area (Å²) in [4.78, 5) is 17.0. The van der Waals surface area contributed by atoms with Crippen LogP contribution in [-0.2, 0) is 4.79 Å². The van der Waals surface area contributed by atoms with Gasteiger partial charge in [0.2, 0.25) is 17.6 Å². The lowest BCUT2D eigenvalue weighted by atomic mass is 9.92. The van der Waals surface area contributed by atoms with Gasteiger partial charge in [-0.25, -0.2) is 5.43 Å². The van der Waals surface area contributed by atoms with E-state index in [9.17, 15) is 4.79 Å². The van der Waals surface area contributed by atoms with E-state index in [-0.39, 0.29) is 18.0 Å². The molecule has 30 heavy (non-hydrogen) atoms. The normalized spacial score (nSPS) is 24.4. The van der Waals surface area contributed by atoms with E-state index >= 15 is 0 Å². The molecule has 3 aliphatic rings. The van der Waals surface area contributed by atoms with Crippen molar-refractivity contribution in [3.63, 3.8) is 0 Å². The molecular formula is C20H23ClN6O3. The third-order valence-electron chi connectivity index (χ3n) is 5.91. The maximum absolute atomic E-state index is 12.4. The maximum atomic E-state index is 12.4. The molecule has 2 aromatic rings. The fraction of sp³-hybridized carbons (Fsp3) is 0.450. The highest BCUT2D eigenvalue weighted by Crippen LogP contribution is 2.35. The van der Waals surface area contributed by atoms with E-state index < -0.39 is 0 Å². The van der Waals surface area contributed by atoms with Crippen molar-refractivity contribution in [2.75, 3.05) is 26.7 Å². The molecule has 4 heterocycles. The zero-order valence-electron chi connectivity index (χ0n) is 16.5. The average Bonchev–Trinajstić information content (AvgIpc) is 3.41. The van der Waals surface area contributed by atoms with Crippen LogP contribution in [0.3, 0.4) is 0 Å². The third-order valence-corrected chi connectivity index (χ3v) is 6.21. The lowest BCUT2D eigenvalue weighted by Gasteiger charge is -2.38. The first-order chi connectivity index (χ1) is 14.6. The highest BCUT2D eigenvalue weighted by molar-refractivity contribution is 6.32. The van der Waals surface area contributed by atoms with E-state index in [1.807, 2.05) is 6.07 Å². The predicted octanol–water partition coefficient (Wildman–Crippen LogP) is 1.64. The van der Waals surface area contributed by atoms with Gasteiger partial charge in [0.05, 0.1) is 18.1 Å². The van der Waals surface area contributed by atoms with Crippen LogP contribution in [0.5, 0.6) is 5.75 Å². The lowest BCUT2D eigenvalue weighted by Crippen LogP contribution is -2.53. The number of halogens is 1. The minimum absolute atomic E-state index is 0.0832. The number of allylic oxidation sites excluding steroid dienone is 1.